The fourth-order valence-electron chi connectivity index (χ4n) is 11.8. The third kappa shape index (κ3) is 2.45. The van der Waals surface area contributed by atoms with E-state index in [4.69, 9.17) is 4.74 Å². The molecule has 6 fully saturated rings. The number of fused-ring (bicyclic) bond motifs is 5. The summed E-state index contributed by atoms with van der Waals surface area (Å²) in [6.45, 7) is 17.3. The molecule has 0 aromatic heterocycles. The summed E-state index contributed by atoms with van der Waals surface area (Å²) in [7, 11) is 0. The van der Waals surface area contributed by atoms with Crippen molar-refractivity contribution in [3.05, 3.63) is 0 Å². The second-order valence-electron chi connectivity index (χ2n) is 15.5. The maximum atomic E-state index is 13.3. The molecule has 0 aromatic carbocycles. The Hall–Kier alpha value is -0.570. The molecule has 6 rings (SSSR count). The Morgan fingerprint density at radius 3 is 2.18 bits per heavy atom. The Kier molecular flexibility index (Phi) is 4.44. The lowest BCUT2D eigenvalue weighted by Crippen LogP contribution is -2.67. The van der Waals surface area contributed by atoms with Crippen LogP contribution in [0.4, 0.5) is 0 Å². The van der Waals surface area contributed by atoms with Gasteiger partial charge < -0.3 is 9.84 Å². The van der Waals surface area contributed by atoms with Crippen LogP contribution in [0.15, 0.2) is 0 Å². The van der Waals surface area contributed by atoms with E-state index in [0.29, 0.717) is 28.6 Å². The van der Waals surface area contributed by atoms with Crippen LogP contribution in [0.2, 0.25) is 0 Å². The number of esters is 1. The molecule has 1 aliphatic heterocycles. The van der Waals surface area contributed by atoms with Crippen LogP contribution in [0.25, 0.3) is 0 Å². The van der Waals surface area contributed by atoms with Crippen LogP contribution >= 0.6 is 0 Å². The smallest absolute Gasteiger partial charge is 0.312 e. The highest BCUT2D eigenvalue weighted by Crippen LogP contribution is 2.78. The molecular formula is C30H48O3. The lowest BCUT2D eigenvalue weighted by molar-refractivity contribution is -0.252. The van der Waals surface area contributed by atoms with Crippen molar-refractivity contribution in [2.45, 2.75) is 125 Å². The SMILES string of the molecule is CC1(C)CC[C@@]23CC[C@]4(C)[C@H](CC[C@@H]5[C@@]6(C)CC[C@H](O)C(C)(C)[C@@H]6CC[C@]54C)[C@@H]2[C@@H]1OC3=O. The zero-order valence-corrected chi connectivity index (χ0v) is 22.3. The van der Waals surface area contributed by atoms with Gasteiger partial charge in [0.25, 0.3) is 0 Å². The van der Waals surface area contributed by atoms with Gasteiger partial charge in [-0.1, -0.05) is 48.5 Å². The van der Waals surface area contributed by atoms with Gasteiger partial charge in [-0.2, -0.15) is 0 Å². The minimum absolute atomic E-state index is 0.00939. The summed E-state index contributed by atoms with van der Waals surface area (Å²) in [6, 6.07) is 0. The summed E-state index contributed by atoms with van der Waals surface area (Å²) in [5.74, 6) is 2.50. The van der Waals surface area contributed by atoms with E-state index >= 15 is 0 Å². The summed E-state index contributed by atoms with van der Waals surface area (Å²) in [6.07, 6.45) is 11.6. The molecule has 10 atom stereocenters. The normalized spacial score (nSPS) is 58.4. The number of aliphatic hydroxyl groups excluding tert-OH is 1. The second kappa shape index (κ2) is 6.40. The summed E-state index contributed by atoms with van der Waals surface area (Å²) >= 11 is 0. The minimum atomic E-state index is -0.189. The van der Waals surface area contributed by atoms with E-state index in [9.17, 15) is 9.90 Å². The van der Waals surface area contributed by atoms with Crippen LogP contribution < -0.4 is 0 Å². The van der Waals surface area contributed by atoms with E-state index < -0.39 is 0 Å². The Morgan fingerprint density at radius 1 is 0.758 bits per heavy atom. The fraction of sp³-hybridized carbons (Fsp3) is 0.967. The van der Waals surface area contributed by atoms with Crippen molar-refractivity contribution in [3.63, 3.8) is 0 Å². The summed E-state index contributed by atoms with van der Waals surface area (Å²) in [5, 5.41) is 10.9. The van der Waals surface area contributed by atoms with Gasteiger partial charge in [0.05, 0.1) is 11.5 Å². The summed E-state index contributed by atoms with van der Waals surface area (Å²) in [4.78, 5) is 13.3. The Labute approximate surface area is 201 Å². The number of rotatable bonds is 0. The molecule has 3 heteroatoms. The molecule has 6 aliphatic rings. The van der Waals surface area contributed by atoms with E-state index in [1.54, 1.807) is 0 Å². The molecular weight excluding hydrogens is 408 g/mol. The maximum Gasteiger partial charge on any atom is 0.312 e. The number of carbonyl (C=O) groups is 1. The van der Waals surface area contributed by atoms with Gasteiger partial charge in [0, 0.05) is 11.3 Å². The number of aliphatic hydroxyl groups is 1. The van der Waals surface area contributed by atoms with Crippen molar-refractivity contribution in [2.24, 2.45) is 56.2 Å². The van der Waals surface area contributed by atoms with E-state index in [2.05, 4.69) is 48.5 Å². The first-order valence-electron chi connectivity index (χ1n) is 14.1. The van der Waals surface area contributed by atoms with Gasteiger partial charge in [0.1, 0.15) is 6.10 Å². The van der Waals surface area contributed by atoms with Gasteiger partial charge in [-0.05, 0) is 104 Å². The Balaban J connectivity index is 1.41. The Bertz CT molecular complexity index is 876. The number of carbonyl (C=O) groups excluding carboxylic acids is 1. The molecule has 5 saturated carbocycles. The van der Waals surface area contributed by atoms with Gasteiger partial charge in [-0.15, -0.1) is 0 Å². The molecule has 0 spiro atoms. The fourth-order valence-corrected chi connectivity index (χ4v) is 11.8. The summed E-state index contributed by atoms with van der Waals surface area (Å²) < 4.78 is 6.28. The third-order valence-corrected chi connectivity index (χ3v) is 14.0. The zero-order valence-electron chi connectivity index (χ0n) is 22.3. The average molecular weight is 457 g/mol. The molecule has 1 heterocycles. The molecule has 0 radical (unpaired) electrons. The molecule has 3 nitrogen and oxygen atoms in total. The van der Waals surface area contributed by atoms with E-state index in [0.717, 1.165) is 31.6 Å². The maximum absolute atomic E-state index is 13.3. The van der Waals surface area contributed by atoms with Gasteiger partial charge >= 0.3 is 5.97 Å². The predicted molar refractivity (Wildman–Crippen MR) is 130 cm³/mol. The third-order valence-electron chi connectivity index (χ3n) is 14.0. The molecule has 1 saturated heterocycles. The zero-order chi connectivity index (χ0) is 23.8. The van der Waals surface area contributed by atoms with Crippen LogP contribution in [0.5, 0.6) is 0 Å². The van der Waals surface area contributed by atoms with E-state index in [-0.39, 0.29) is 39.8 Å². The molecule has 33 heavy (non-hydrogen) atoms. The lowest BCUT2D eigenvalue weighted by Gasteiger charge is -2.73. The quantitative estimate of drug-likeness (QED) is 0.409. The van der Waals surface area contributed by atoms with Gasteiger partial charge in [0.15, 0.2) is 0 Å². The molecule has 5 aliphatic carbocycles. The van der Waals surface area contributed by atoms with Crippen molar-refractivity contribution >= 4 is 5.97 Å². The molecule has 2 bridgehead atoms. The van der Waals surface area contributed by atoms with Crippen LogP contribution in [0.3, 0.4) is 0 Å². The van der Waals surface area contributed by atoms with Gasteiger partial charge in [-0.25, -0.2) is 0 Å². The highest BCUT2D eigenvalue weighted by molar-refractivity contribution is 5.81. The van der Waals surface area contributed by atoms with Crippen molar-refractivity contribution in [2.75, 3.05) is 0 Å². The topological polar surface area (TPSA) is 46.5 Å². The monoisotopic (exact) mass is 456 g/mol. The van der Waals surface area contributed by atoms with Crippen molar-refractivity contribution in [1.29, 1.82) is 0 Å². The van der Waals surface area contributed by atoms with Crippen molar-refractivity contribution in [3.8, 4) is 0 Å². The highest BCUT2D eigenvalue weighted by atomic mass is 16.6. The van der Waals surface area contributed by atoms with Crippen molar-refractivity contribution < 1.29 is 14.6 Å². The van der Waals surface area contributed by atoms with Crippen LogP contribution in [-0.4, -0.2) is 23.3 Å². The first kappa shape index (κ1) is 22.9. The molecule has 186 valence electrons. The van der Waals surface area contributed by atoms with E-state index in [1.807, 2.05) is 0 Å². The first-order valence-corrected chi connectivity index (χ1v) is 14.1. The van der Waals surface area contributed by atoms with Gasteiger partial charge in [-0.3, -0.25) is 4.79 Å². The predicted octanol–water partition coefficient (Wildman–Crippen LogP) is 6.76. The highest BCUT2D eigenvalue weighted by Gasteiger charge is 2.75. The van der Waals surface area contributed by atoms with Crippen LogP contribution in [0, 0.1) is 56.2 Å². The standard InChI is InChI=1S/C30H48O3/c1-25(2)14-16-30-17-15-28(6)18(22(30)23(25)33-24(30)32)8-9-20-27(5)12-11-21(31)26(3,4)19(27)10-13-29(20,28)7/h18-23,31H,8-17H2,1-7H3/t18-,19+,20-,21+,22-,23+,27+,28-,29-,30-/m1/s1. The Morgan fingerprint density at radius 2 is 1.45 bits per heavy atom. The van der Waals surface area contributed by atoms with Gasteiger partial charge in [0.2, 0.25) is 0 Å². The number of ether oxygens (including phenoxy) is 1. The summed E-state index contributed by atoms with van der Waals surface area (Å²) in [5.41, 5.74) is 0.823. The second-order valence-corrected chi connectivity index (χ2v) is 15.5. The molecule has 0 amide bonds. The van der Waals surface area contributed by atoms with Crippen LogP contribution in [-0.2, 0) is 9.53 Å². The number of hydrogen-bond acceptors (Lipinski definition) is 3. The van der Waals surface area contributed by atoms with Crippen LogP contribution in [0.1, 0.15) is 113 Å². The molecule has 0 unspecified atom stereocenters. The lowest BCUT2D eigenvalue weighted by atomic mass is 9.31. The van der Waals surface area contributed by atoms with E-state index in [1.165, 1.54) is 38.5 Å². The van der Waals surface area contributed by atoms with Crippen molar-refractivity contribution in [1.82, 2.24) is 0 Å². The first-order chi connectivity index (χ1) is 15.2. The number of hydrogen-bond donors (Lipinski definition) is 1. The molecule has 1 N–H and O–H groups in total. The molecule has 0 aromatic rings. The largest absolute Gasteiger partial charge is 0.461 e. The minimum Gasteiger partial charge on any atom is -0.461 e. The average Bonchev–Trinajstić information content (AvgIpc) is 2.99.